The fraction of sp³-hybridized carbons (Fsp3) is 0.200. The first kappa shape index (κ1) is 19.7. The van der Waals surface area contributed by atoms with Gasteiger partial charge in [0.1, 0.15) is 5.82 Å². The molecule has 0 saturated carbocycles. The second-order valence-electron chi connectivity index (χ2n) is 7.40. The number of urea groups is 1. The summed E-state index contributed by atoms with van der Waals surface area (Å²) in [5.74, 6) is 1.11. The smallest absolute Gasteiger partial charge is 0.323 e. The zero-order valence-electron chi connectivity index (χ0n) is 17.4. The van der Waals surface area contributed by atoms with Crippen LogP contribution in [0.2, 0.25) is 0 Å². The van der Waals surface area contributed by atoms with Gasteiger partial charge in [-0.1, -0.05) is 42.0 Å². The Morgan fingerprint density at radius 2 is 1.50 bits per heavy atom. The van der Waals surface area contributed by atoms with E-state index in [1.54, 1.807) is 0 Å². The third-order valence-electron chi connectivity index (χ3n) is 5.21. The number of fused-ring (bicyclic) bond motifs is 1. The predicted octanol–water partition coefficient (Wildman–Crippen LogP) is 5.79. The Bertz CT molecular complexity index is 1140. The second kappa shape index (κ2) is 8.82. The lowest BCUT2D eigenvalue weighted by Gasteiger charge is -2.09. The number of anilines is 2. The maximum absolute atomic E-state index is 12.2. The Hall–Kier alpha value is -3.60. The topological polar surface area (TPSA) is 59.0 Å². The van der Waals surface area contributed by atoms with Gasteiger partial charge in [-0.15, -0.1) is 0 Å². The highest BCUT2D eigenvalue weighted by molar-refractivity contribution is 5.99. The second-order valence-corrected chi connectivity index (χ2v) is 7.40. The van der Waals surface area contributed by atoms with E-state index in [4.69, 9.17) is 4.98 Å². The quantitative estimate of drug-likeness (QED) is 0.432. The molecular weight excluding hydrogens is 372 g/mol. The van der Waals surface area contributed by atoms with Crippen molar-refractivity contribution in [3.05, 3.63) is 89.7 Å². The summed E-state index contributed by atoms with van der Waals surface area (Å²) < 4.78 is 2.28. The van der Waals surface area contributed by atoms with Crippen LogP contribution in [0, 0.1) is 6.92 Å². The number of imidazole rings is 1. The number of hydrogen-bond donors (Lipinski definition) is 2. The molecule has 0 unspecified atom stereocenters. The van der Waals surface area contributed by atoms with Crippen LogP contribution in [0.1, 0.15) is 23.9 Å². The molecule has 0 aliphatic carbocycles. The van der Waals surface area contributed by atoms with Crippen LogP contribution < -0.4 is 10.6 Å². The van der Waals surface area contributed by atoms with Gasteiger partial charge >= 0.3 is 6.03 Å². The van der Waals surface area contributed by atoms with Crippen molar-refractivity contribution >= 4 is 28.4 Å². The van der Waals surface area contributed by atoms with Gasteiger partial charge in [0.2, 0.25) is 0 Å². The number of nitrogens with zero attached hydrogens (tertiary/aromatic N) is 2. The molecule has 2 N–H and O–H groups in total. The van der Waals surface area contributed by atoms with Gasteiger partial charge in [-0.25, -0.2) is 9.78 Å². The molecule has 0 aliphatic heterocycles. The normalized spacial score (nSPS) is 10.9. The monoisotopic (exact) mass is 398 g/mol. The van der Waals surface area contributed by atoms with E-state index in [1.165, 1.54) is 11.1 Å². The Labute approximate surface area is 176 Å². The molecule has 3 aromatic carbocycles. The molecular formula is C25H26N4O. The molecule has 0 spiro atoms. The number of aryl methyl sites for hydroxylation is 4. The molecule has 5 nitrogen and oxygen atoms in total. The molecule has 0 bridgehead atoms. The van der Waals surface area contributed by atoms with Crippen molar-refractivity contribution < 1.29 is 4.79 Å². The zero-order chi connectivity index (χ0) is 20.9. The summed E-state index contributed by atoms with van der Waals surface area (Å²) in [6.45, 7) is 5.08. The molecule has 30 heavy (non-hydrogen) atoms. The van der Waals surface area contributed by atoms with Gasteiger partial charge in [-0.3, -0.25) is 0 Å². The molecule has 152 valence electrons. The van der Waals surface area contributed by atoms with Gasteiger partial charge in [0.15, 0.2) is 0 Å². The lowest BCUT2D eigenvalue weighted by molar-refractivity contribution is 0.262. The van der Waals surface area contributed by atoms with Crippen molar-refractivity contribution in [2.75, 3.05) is 10.6 Å². The Morgan fingerprint density at radius 3 is 2.17 bits per heavy atom. The summed E-state index contributed by atoms with van der Waals surface area (Å²) in [6, 6.07) is 23.7. The van der Waals surface area contributed by atoms with E-state index in [9.17, 15) is 4.79 Å². The molecule has 1 aromatic heterocycles. The number of aromatic nitrogens is 2. The lowest BCUT2D eigenvalue weighted by atomic mass is 10.1. The van der Waals surface area contributed by atoms with Gasteiger partial charge in [0.25, 0.3) is 0 Å². The molecule has 0 radical (unpaired) electrons. The molecule has 4 aromatic rings. The highest BCUT2D eigenvalue weighted by Gasteiger charge is 2.09. The number of carbonyl (C=O) groups excluding carboxylic acids is 1. The summed E-state index contributed by atoms with van der Waals surface area (Å²) in [6.07, 6.45) is 1.78. The SMILES string of the molecule is CCn1c(CCc2ccc(NC(=O)Nc3ccc(C)cc3)cc2)nc2ccccc21. The van der Waals surface area contributed by atoms with Crippen LogP contribution in [0.3, 0.4) is 0 Å². The summed E-state index contributed by atoms with van der Waals surface area (Å²) >= 11 is 0. The van der Waals surface area contributed by atoms with Crippen molar-refractivity contribution in [3.8, 4) is 0 Å². The summed E-state index contributed by atoms with van der Waals surface area (Å²) in [7, 11) is 0. The first-order valence-electron chi connectivity index (χ1n) is 10.3. The highest BCUT2D eigenvalue weighted by atomic mass is 16.2. The van der Waals surface area contributed by atoms with Gasteiger partial charge < -0.3 is 15.2 Å². The van der Waals surface area contributed by atoms with Crippen LogP contribution in [0.15, 0.2) is 72.8 Å². The minimum Gasteiger partial charge on any atom is -0.328 e. The van der Waals surface area contributed by atoms with E-state index in [0.717, 1.165) is 47.7 Å². The van der Waals surface area contributed by atoms with E-state index in [0.29, 0.717) is 0 Å². The van der Waals surface area contributed by atoms with Crippen LogP contribution in [-0.4, -0.2) is 15.6 Å². The molecule has 4 rings (SSSR count). The van der Waals surface area contributed by atoms with E-state index < -0.39 is 0 Å². The number of amides is 2. The third-order valence-corrected chi connectivity index (χ3v) is 5.21. The molecule has 5 heteroatoms. The molecule has 0 fully saturated rings. The number of rotatable bonds is 6. The Morgan fingerprint density at radius 1 is 0.867 bits per heavy atom. The number of para-hydroxylation sites is 2. The Kier molecular flexibility index (Phi) is 5.80. The van der Waals surface area contributed by atoms with Crippen molar-refractivity contribution in [1.29, 1.82) is 0 Å². The van der Waals surface area contributed by atoms with Gasteiger partial charge in [-0.2, -0.15) is 0 Å². The fourth-order valence-corrected chi connectivity index (χ4v) is 3.61. The van der Waals surface area contributed by atoms with Crippen molar-refractivity contribution in [2.45, 2.75) is 33.2 Å². The van der Waals surface area contributed by atoms with Crippen LogP contribution in [-0.2, 0) is 19.4 Å². The van der Waals surface area contributed by atoms with Gasteiger partial charge in [0.05, 0.1) is 11.0 Å². The first-order valence-corrected chi connectivity index (χ1v) is 10.3. The maximum Gasteiger partial charge on any atom is 0.323 e. The van der Waals surface area contributed by atoms with Gasteiger partial charge in [-0.05, 0) is 62.2 Å². The molecule has 1 heterocycles. The maximum atomic E-state index is 12.2. The van der Waals surface area contributed by atoms with Gasteiger partial charge in [0, 0.05) is 24.3 Å². The molecule has 0 atom stereocenters. The standard InChI is InChI=1S/C25H26N4O/c1-3-29-23-7-5-4-6-22(23)28-24(29)17-12-19-10-15-21(16-11-19)27-25(30)26-20-13-8-18(2)9-14-20/h4-11,13-16H,3,12,17H2,1-2H3,(H2,26,27,30). The van der Waals surface area contributed by atoms with E-state index in [1.807, 2.05) is 49.4 Å². The number of carbonyl (C=O) groups is 1. The van der Waals surface area contributed by atoms with Crippen molar-refractivity contribution in [3.63, 3.8) is 0 Å². The van der Waals surface area contributed by atoms with Crippen LogP contribution >= 0.6 is 0 Å². The van der Waals surface area contributed by atoms with Crippen LogP contribution in [0.5, 0.6) is 0 Å². The zero-order valence-corrected chi connectivity index (χ0v) is 17.4. The van der Waals surface area contributed by atoms with E-state index in [2.05, 4.69) is 52.5 Å². The summed E-state index contributed by atoms with van der Waals surface area (Å²) in [5.41, 5.74) is 6.15. The van der Waals surface area contributed by atoms with Crippen LogP contribution in [0.4, 0.5) is 16.2 Å². The third kappa shape index (κ3) is 4.51. The number of hydrogen-bond acceptors (Lipinski definition) is 2. The molecule has 0 saturated heterocycles. The van der Waals surface area contributed by atoms with Crippen molar-refractivity contribution in [2.24, 2.45) is 0 Å². The predicted molar refractivity (Wildman–Crippen MR) is 123 cm³/mol. The Balaban J connectivity index is 1.36. The number of benzene rings is 3. The highest BCUT2D eigenvalue weighted by Crippen LogP contribution is 2.18. The minimum absolute atomic E-state index is 0.247. The minimum atomic E-state index is -0.247. The van der Waals surface area contributed by atoms with Crippen LogP contribution in [0.25, 0.3) is 11.0 Å². The van der Waals surface area contributed by atoms with E-state index in [-0.39, 0.29) is 6.03 Å². The average Bonchev–Trinajstić information content (AvgIpc) is 3.12. The molecule has 2 amide bonds. The largest absolute Gasteiger partial charge is 0.328 e. The first-order chi connectivity index (χ1) is 14.6. The summed E-state index contributed by atoms with van der Waals surface area (Å²) in [5, 5.41) is 5.72. The fourth-order valence-electron chi connectivity index (χ4n) is 3.61. The van der Waals surface area contributed by atoms with E-state index >= 15 is 0 Å². The molecule has 0 aliphatic rings. The van der Waals surface area contributed by atoms with Crippen molar-refractivity contribution in [1.82, 2.24) is 9.55 Å². The lowest BCUT2D eigenvalue weighted by Crippen LogP contribution is -2.19. The summed E-state index contributed by atoms with van der Waals surface area (Å²) in [4.78, 5) is 17.0. The average molecular weight is 399 g/mol. The number of nitrogens with one attached hydrogen (secondary N) is 2.